The molecule has 19 heteroatoms. The van der Waals surface area contributed by atoms with Crippen molar-refractivity contribution in [1.82, 2.24) is 48.1 Å². The van der Waals surface area contributed by atoms with Gasteiger partial charge in [-0.2, -0.15) is 0 Å². The Labute approximate surface area is 329 Å². The second-order valence-electron chi connectivity index (χ2n) is 13.7. The number of aliphatic hydroxyl groups is 2. The van der Waals surface area contributed by atoms with E-state index in [4.69, 9.17) is 0 Å². The molecule has 1 aliphatic rings. The number of hydrogen-bond donors (Lipinski definition) is 4. The highest BCUT2D eigenvalue weighted by atomic mass is 16.3. The van der Waals surface area contributed by atoms with Gasteiger partial charge >= 0.3 is 11.7 Å². The Bertz CT molecular complexity index is 2780. The van der Waals surface area contributed by atoms with Gasteiger partial charge in [0.25, 0.3) is 5.56 Å². The normalized spacial score (nSPS) is 14.4. The summed E-state index contributed by atoms with van der Waals surface area (Å²) >= 11 is 0. The topological polar surface area (TPSA) is 223 Å². The standard InChI is InChI=1S/C39H37N13O6/c1-47-34-32(36(55)49(3)38(47)57)50(21-43-34)20-31(54)46-29-17-41-28(16-42-29)25-11-7-8-23(14-25)18-52-37(56)33-35(48(2)39(52)58)44-22-51(33)19-30(53)45-26-12-13-27(40-15-26)24-9-5-4-6-10-24/h4-17,21-22,31,36,54-55H,18-20H2,1-3H3,(H,42,46)(H,45,53). The largest absolute Gasteiger partial charge is 0.372 e. The molecule has 0 saturated heterocycles. The van der Waals surface area contributed by atoms with Crippen LogP contribution in [0.25, 0.3) is 33.7 Å². The first kappa shape index (κ1) is 37.4. The molecule has 2 atom stereocenters. The van der Waals surface area contributed by atoms with Crippen molar-refractivity contribution in [2.75, 3.05) is 29.6 Å². The average Bonchev–Trinajstić information content (AvgIpc) is 3.85. The van der Waals surface area contributed by atoms with Gasteiger partial charge in [0.1, 0.15) is 24.3 Å². The molecule has 294 valence electrons. The highest BCUT2D eigenvalue weighted by Gasteiger charge is 2.36. The third kappa shape index (κ3) is 7.06. The van der Waals surface area contributed by atoms with Crippen LogP contribution in [0, 0.1) is 0 Å². The zero-order valence-corrected chi connectivity index (χ0v) is 31.5. The minimum Gasteiger partial charge on any atom is -0.372 e. The quantitative estimate of drug-likeness (QED) is 0.139. The molecular weight excluding hydrogens is 747 g/mol. The monoisotopic (exact) mass is 783 g/mol. The average molecular weight is 784 g/mol. The zero-order chi connectivity index (χ0) is 40.7. The lowest BCUT2D eigenvalue weighted by atomic mass is 10.1. The summed E-state index contributed by atoms with van der Waals surface area (Å²) in [6.45, 7) is -0.314. The number of fused-ring (bicyclic) bond motifs is 2. The lowest BCUT2D eigenvalue weighted by Gasteiger charge is -2.34. The van der Waals surface area contributed by atoms with Gasteiger partial charge < -0.3 is 30.0 Å². The molecule has 0 bridgehead atoms. The Kier molecular flexibility index (Phi) is 9.81. The van der Waals surface area contributed by atoms with Crippen molar-refractivity contribution in [1.29, 1.82) is 0 Å². The molecule has 8 rings (SSSR count). The third-order valence-corrected chi connectivity index (χ3v) is 9.81. The number of hydrogen-bond acceptors (Lipinski definition) is 12. The van der Waals surface area contributed by atoms with Crippen LogP contribution in [-0.2, 0) is 31.5 Å². The van der Waals surface area contributed by atoms with E-state index in [2.05, 4.69) is 35.6 Å². The maximum Gasteiger partial charge on any atom is 0.332 e. The molecule has 0 saturated carbocycles. The van der Waals surface area contributed by atoms with Crippen LogP contribution in [0.3, 0.4) is 0 Å². The van der Waals surface area contributed by atoms with E-state index in [-0.39, 0.29) is 36.6 Å². The number of aryl methyl sites for hydroxylation is 1. The van der Waals surface area contributed by atoms with Gasteiger partial charge in [-0.1, -0.05) is 48.5 Å². The number of carbonyl (C=O) groups excluding carboxylic acids is 2. The van der Waals surface area contributed by atoms with Crippen molar-refractivity contribution in [2.45, 2.75) is 32.1 Å². The van der Waals surface area contributed by atoms with Crippen LogP contribution < -0.4 is 26.8 Å². The number of aromatic nitrogens is 9. The summed E-state index contributed by atoms with van der Waals surface area (Å²) in [5.41, 5.74) is 3.41. The molecular formula is C39H37N13O6. The number of nitrogens with one attached hydrogen (secondary N) is 2. The molecule has 2 unspecified atom stereocenters. The van der Waals surface area contributed by atoms with Crippen LogP contribution >= 0.6 is 0 Å². The Morgan fingerprint density at radius 3 is 2.33 bits per heavy atom. The van der Waals surface area contributed by atoms with E-state index in [9.17, 15) is 29.4 Å². The first-order chi connectivity index (χ1) is 28.0. The van der Waals surface area contributed by atoms with E-state index < -0.39 is 35.6 Å². The highest BCUT2D eigenvalue weighted by Crippen LogP contribution is 2.32. The number of urea groups is 1. The van der Waals surface area contributed by atoms with Gasteiger partial charge in [-0.15, -0.1) is 0 Å². The summed E-state index contributed by atoms with van der Waals surface area (Å²) in [5.74, 6) is 0.165. The van der Waals surface area contributed by atoms with Gasteiger partial charge in [0, 0.05) is 32.3 Å². The van der Waals surface area contributed by atoms with E-state index in [1.54, 1.807) is 48.1 Å². The molecule has 6 heterocycles. The van der Waals surface area contributed by atoms with Crippen molar-refractivity contribution < 1.29 is 19.8 Å². The molecule has 0 spiro atoms. The summed E-state index contributed by atoms with van der Waals surface area (Å²) in [5, 5.41) is 27.1. The van der Waals surface area contributed by atoms with Gasteiger partial charge in [-0.05, 0) is 23.8 Å². The molecule has 4 N–H and O–H groups in total. The van der Waals surface area contributed by atoms with E-state index in [1.807, 2.05) is 36.4 Å². The van der Waals surface area contributed by atoms with Crippen molar-refractivity contribution in [3.63, 3.8) is 0 Å². The molecule has 5 aromatic heterocycles. The van der Waals surface area contributed by atoms with E-state index >= 15 is 0 Å². The molecule has 0 fully saturated rings. The number of anilines is 3. The number of rotatable bonds is 11. The van der Waals surface area contributed by atoms with Crippen LogP contribution in [0.1, 0.15) is 17.5 Å². The van der Waals surface area contributed by atoms with Crippen molar-refractivity contribution in [2.24, 2.45) is 7.05 Å². The van der Waals surface area contributed by atoms with Gasteiger partial charge in [-0.25, -0.2) is 24.5 Å². The Morgan fingerprint density at radius 1 is 0.828 bits per heavy atom. The second kappa shape index (κ2) is 15.2. The Morgan fingerprint density at radius 2 is 1.59 bits per heavy atom. The number of nitrogens with zero attached hydrogens (tertiary/aromatic N) is 11. The molecule has 19 nitrogen and oxygen atoms in total. The zero-order valence-electron chi connectivity index (χ0n) is 31.5. The molecule has 0 radical (unpaired) electrons. The number of pyridine rings is 1. The van der Waals surface area contributed by atoms with Crippen LogP contribution in [0.15, 0.2) is 108 Å². The molecule has 1 aliphatic heterocycles. The van der Waals surface area contributed by atoms with Crippen molar-refractivity contribution >= 4 is 40.4 Å². The minimum atomic E-state index is -1.23. The van der Waals surface area contributed by atoms with E-state index in [0.29, 0.717) is 34.0 Å². The summed E-state index contributed by atoms with van der Waals surface area (Å²) in [6.07, 6.45) is 4.94. The third-order valence-electron chi connectivity index (χ3n) is 9.81. The first-order valence-corrected chi connectivity index (χ1v) is 18.0. The van der Waals surface area contributed by atoms with Gasteiger partial charge in [0.05, 0.1) is 61.4 Å². The van der Waals surface area contributed by atoms with Crippen molar-refractivity contribution in [3.05, 3.63) is 130 Å². The van der Waals surface area contributed by atoms with Crippen LogP contribution in [0.5, 0.6) is 0 Å². The predicted octanol–water partition coefficient (Wildman–Crippen LogP) is 2.22. The Balaban J connectivity index is 0.950. The maximum atomic E-state index is 13.9. The lowest BCUT2D eigenvalue weighted by Crippen LogP contribution is -2.46. The second-order valence-corrected chi connectivity index (χ2v) is 13.7. The molecule has 0 aliphatic carbocycles. The van der Waals surface area contributed by atoms with Crippen LogP contribution in [-0.4, -0.2) is 90.6 Å². The fourth-order valence-corrected chi connectivity index (χ4v) is 6.81. The smallest absolute Gasteiger partial charge is 0.332 e. The number of amides is 3. The molecule has 58 heavy (non-hydrogen) atoms. The summed E-state index contributed by atoms with van der Waals surface area (Å²) in [6, 6.07) is 19.9. The van der Waals surface area contributed by atoms with E-state index in [1.165, 1.54) is 58.1 Å². The van der Waals surface area contributed by atoms with Gasteiger partial charge in [0.15, 0.2) is 23.2 Å². The minimum absolute atomic E-state index is 0.0129. The number of imidazole rings is 2. The van der Waals surface area contributed by atoms with Gasteiger partial charge in [-0.3, -0.25) is 38.5 Å². The summed E-state index contributed by atoms with van der Waals surface area (Å²) < 4.78 is 5.33. The van der Waals surface area contributed by atoms with Crippen LogP contribution in [0.4, 0.5) is 22.1 Å². The lowest BCUT2D eigenvalue weighted by molar-refractivity contribution is -0.116. The summed E-state index contributed by atoms with van der Waals surface area (Å²) in [4.78, 5) is 77.0. The fraction of sp³-hybridized carbons (Fsp3) is 0.205. The number of benzene rings is 2. The van der Waals surface area contributed by atoms with Crippen molar-refractivity contribution in [3.8, 4) is 22.5 Å². The molecule has 7 aromatic rings. The Hall–Kier alpha value is -7.51. The molecule has 2 aromatic carbocycles. The van der Waals surface area contributed by atoms with Gasteiger partial charge in [0.2, 0.25) is 5.91 Å². The summed E-state index contributed by atoms with van der Waals surface area (Å²) in [7, 11) is 4.54. The first-order valence-electron chi connectivity index (χ1n) is 18.0. The van der Waals surface area contributed by atoms with E-state index in [0.717, 1.165) is 15.8 Å². The fourth-order valence-electron chi connectivity index (χ4n) is 6.81. The van der Waals surface area contributed by atoms with Crippen LogP contribution in [0.2, 0.25) is 0 Å². The number of carbonyl (C=O) groups is 2. The SMILES string of the molecule is CN1C(=O)N(C)C(O)c2c1ncn2CC(O)Nc1cnc(-c2cccc(Cn3c(=O)c4c(ncn4CC(=O)Nc4ccc(-c5ccccc5)nc4)n(C)c3=O)c2)cn1. The maximum absolute atomic E-state index is 13.9. The number of aliphatic hydroxyl groups excluding tert-OH is 2. The highest BCUT2D eigenvalue weighted by molar-refractivity contribution is 5.93. The molecule has 3 amide bonds. The predicted molar refractivity (Wildman–Crippen MR) is 212 cm³/mol.